The number of rotatable bonds is 13. The fourth-order valence-corrected chi connectivity index (χ4v) is 5.06. The minimum Gasteiger partial charge on any atom is -0.507 e. The number of aromatic hydroxyl groups is 1. The van der Waals surface area contributed by atoms with E-state index < -0.39 is 6.04 Å². The van der Waals surface area contributed by atoms with Crippen LogP contribution in [0.1, 0.15) is 79.7 Å². The minimum atomic E-state index is -0.456. The number of aromatic nitrogens is 2. The van der Waals surface area contributed by atoms with Crippen LogP contribution in [0, 0.1) is 6.92 Å². The molecular formula is C30H38ClN3O5. The molecule has 39 heavy (non-hydrogen) atoms. The first kappa shape index (κ1) is 28.8. The summed E-state index contributed by atoms with van der Waals surface area (Å²) in [7, 11) is 1.61. The van der Waals surface area contributed by atoms with Crippen molar-refractivity contribution in [1.82, 2.24) is 15.1 Å². The second kappa shape index (κ2) is 12.7. The van der Waals surface area contributed by atoms with Crippen LogP contribution in [-0.4, -0.2) is 59.1 Å². The van der Waals surface area contributed by atoms with Crippen molar-refractivity contribution in [3.05, 3.63) is 57.7 Å². The van der Waals surface area contributed by atoms with Crippen LogP contribution in [0.15, 0.2) is 30.3 Å². The molecule has 0 saturated heterocycles. The number of ether oxygens (including phenoxy) is 3. The van der Waals surface area contributed by atoms with Crippen LogP contribution >= 0.6 is 11.6 Å². The Kier molecular flexibility index (Phi) is 9.40. The average Bonchev–Trinajstić information content (AvgIpc) is 3.45. The molecule has 1 aliphatic heterocycles. The summed E-state index contributed by atoms with van der Waals surface area (Å²) in [5.74, 6) is 1.15. The highest BCUT2D eigenvalue weighted by molar-refractivity contribution is 6.31. The van der Waals surface area contributed by atoms with Crippen molar-refractivity contribution in [2.75, 3.05) is 26.9 Å². The summed E-state index contributed by atoms with van der Waals surface area (Å²) >= 11 is 6.42. The van der Waals surface area contributed by atoms with Crippen LogP contribution in [0.4, 0.5) is 0 Å². The highest BCUT2D eigenvalue weighted by atomic mass is 35.5. The number of fused-ring (bicyclic) bond motifs is 1. The standard InChI is InChI=1S/C30H38ClN3O5/c1-6-7-8-13-39-24-11-10-20(16-25(24)37-5)29-26-27(21-17-22(31)19(4)15-23(21)35)32-33-28(26)30(36)34(29)12-9-14-38-18(2)3/h10-11,15-18,29,35H,6-9,12-14H2,1-5H3,(H,32,33). The van der Waals surface area contributed by atoms with Crippen LogP contribution in [0.3, 0.4) is 0 Å². The lowest BCUT2D eigenvalue weighted by molar-refractivity contribution is 0.0601. The molecule has 9 heteroatoms. The summed E-state index contributed by atoms with van der Waals surface area (Å²) in [6.45, 7) is 9.59. The Morgan fingerprint density at radius 2 is 1.92 bits per heavy atom. The van der Waals surface area contributed by atoms with E-state index in [0.29, 0.717) is 65.2 Å². The first-order valence-corrected chi connectivity index (χ1v) is 14.0. The number of phenolic OH excluding ortho intramolecular Hbond substituents is 1. The number of hydrogen-bond donors (Lipinski definition) is 2. The molecule has 8 nitrogen and oxygen atoms in total. The van der Waals surface area contributed by atoms with E-state index in [9.17, 15) is 9.90 Å². The normalized spacial score (nSPS) is 14.8. The number of methoxy groups -OCH3 is 1. The van der Waals surface area contributed by atoms with Crippen molar-refractivity contribution in [2.45, 2.75) is 65.5 Å². The number of hydrogen-bond acceptors (Lipinski definition) is 6. The molecule has 0 spiro atoms. The molecule has 0 fully saturated rings. The van der Waals surface area contributed by atoms with Crippen molar-refractivity contribution in [3.8, 4) is 28.5 Å². The Morgan fingerprint density at radius 3 is 2.64 bits per heavy atom. The zero-order chi connectivity index (χ0) is 28.1. The van der Waals surface area contributed by atoms with E-state index in [0.717, 1.165) is 30.4 Å². The molecular weight excluding hydrogens is 518 g/mol. The van der Waals surface area contributed by atoms with E-state index in [2.05, 4.69) is 17.1 Å². The summed E-state index contributed by atoms with van der Waals surface area (Å²) in [5.41, 5.74) is 3.65. The lowest BCUT2D eigenvalue weighted by Crippen LogP contribution is -2.31. The maximum absolute atomic E-state index is 13.7. The number of nitrogens with one attached hydrogen (secondary N) is 1. The summed E-state index contributed by atoms with van der Waals surface area (Å²) < 4.78 is 17.4. The number of unbranched alkanes of at least 4 members (excludes halogenated alkanes) is 2. The van der Waals surface area contributed by atoms with E-state index in [1.165, 1.54) is 0 Å². The third kappa shape index (κ3) is 6.17. The molecule has 1 amide bonds. The molecule has 2 aromatic carbocycles. The Hall–Kier alpha value is -3.23. The van der Waals surface area contributed by atoms with Crippen molar-refractivity contribution < 1.29 is 24.1 Å². The highest BCUT2D eigenvalue weighted by Gasteiger charge is 2.42. The van der Waals surface area contributed by atoms with Gasteiger partial charge in [0.15, 0.2) is 11.5 Å². The summed E-state index contributed by atoms with van der Waals surface area (Å²) in [6, 6.07) is 8.61. The van der Waals surface area contributed by atoms with Gasteiger partial charge in [-0.3, -0.25) is 9.89 Å². The van der Waals surface area contributed by atoms with E-state index in [-0.39, 0.29) is 17.8 Å². The van der Waals surface area contributed by atoms with E-state index in [1.807, 2.05) is 43.9 Å². The molecule has 1 aliphatic rings. The number of aromatic amines is 1. The van der Waals surface area contributed by atoms with Crippen molar-refractivity contribution in [3.63, 3.8) is 0 Å². The Morgan fingerprint density at radius 1 is 1.13 bits per heavy atom. The van der Waals surface area contributed by atoms with Gasteiger partial charge in [-0.05, 0) is 69.0 Å². The predicted molar refractivity (Wildman–Crippen MR) is 152 cm³/mol. The molecule has 2 N–H and O–H groups in total. The first-order chi connectivity index (χ1) is 18.8. The molecule has 2 heterocycles. The van der Waals surface area contributed by atoms with Crippen molar-refractivity contribution in [1.29, 1.82) is 0 Å². The molecule has 0 bridgehead atoms. The lowest BCUT2D eigenvalue weighted by Gasteiger charge is -2.27. The molecule has 4 rings (SSSR count). The number of H-pyrrole nitrogens is 1. The zero-order valence-corrected chi connectivity index (χ0v) is 24.1. The van der Waals surface area contributed by atoms with Gasteiger partial charge in [0.1, 0.15) is 17.1 Å². The van der Waals surface area contributed by atoms with Crippen molar-refractivity contribution in [2.24, 2.45) is 0 Å². The molecule has 1 atom stereocenters. The Labute approximate surface area is 235 Å². The van der Waals surface area contributed by atoms with Gasteiger partial charge in [-0.25, -0.2) is 0 Å². The van der Waals surface area contributed by atoms with Crippen LogP contribution in [-0.2, 0) is 4.74 Å². The van der Waals surface area contributed by atoms with Gasteiger partial charge in [0.25, 0.3) is 5.91 Å². The number of phenols is 1. The van der Waals surface area contributed by atoms with E-state index >= 15 is 0 Å². The van der Waals surface area contributed by atoms with Gasteiger partial charge in [-0.2, -0.15) is 5.10 Å². The number of carbonyl (C=O) groups is 1. The summed E-state index contributed by atoms with van der Waals surface area (Å²) in [6.07, 6.45) is 3.97. The molecule has 0 radical (unpaired) electrons. The van der Waals surface area contributed by atoms with Crippen LogP contribution in [0.2, 0.25) is 5.02 Å². The monoisotopic (exact) mass is 555 g/mol. The van der Waals surface area contributed by atoms with Crippen LogP contribution < -0.4 is 9.47 Å². The van der Waals surface area contributed by atoms with Gasteiger partial charge in [-0.1, -0.05) is 37.4 Å². The van der Waals surface area contributed by atoms with Crippen LogP contribution in [0.5, 0.6) is 17.2 Å². The number of nitrogens with zero attached hydrogens (tertiary/aromatic N) is 2. The highest BCUT2D eigenvalue weighted by Crippen LogP contribution is 2.46. The minimum absolute atomic E-state index is 0.0505. The van der Waals surface area contributed by atoms with E-state index in [4.69, 9.17) is 25.8 Å². The zero-order valence-electron chi connectivity index (χ0n) is 23.3. The first-order valence-electron chi connectivity index (χ1n) is 13.6. The lowest BCUT2D eigenvalue weighted by atomic mass is 9.95. The quantitative estimate of drug-likeness (QED) is 0.228. The Balaban J connectivity index is 1.75. The van der Waals surface area contributed by atoms with Gasteiger partial charge >= 0.3 is 0 Å². The average molecular weight is 556 g/mol. The second-order valence-electron chi connectivity index (χ2n) is 10.1. The maximum Gasteiger partial charge on any atom is 0.273 e. The van der Waals surface area contributed by atoms with Gasteiger partial charge in [0, 0.05) is 29.3 Å². The molecule has 1 unspecified atom stereocenters. The fourth-order valence-electron chi connectivity index (χ4n) is 4.90. The maximum atomic E-state index is 13.7. The Bertz CT molecular complexity index is 1310. The fraction of sp³-hybridized carbons (Fsp3) is 0.467. The molecule has 3 aromatic rings. The number of aryl methyl sites for hydroxylation is 1. The summed E-state index contributed by atoms with van der Waals surface area (Å²) in [5, 5.41) is 18.7. The SMILES string of the molecule is CCCCCOc1ccc(C2c3c(-c4cc(Cl)c(C)cc4O)n[nH]c3C(=O)N2CCCOC(C)C)cc1OC. The van der Waals surface area contributed by atoms with Crippen LogP contribution in [0.25, 0.3) is 11.3 Å². The molecule has 1 aromatic heterocycles. The molecule has 210 valence electrons. The summed E-state index contributed by atoms with van der Waals surface area (Å²) in [4.78, 5) is 15.5. The van der Waals surface area contributed by atoms with E-state index in [1.54, 1.807) is 19.2 Å². The number of carbonyl (C=O) groups excluding carboxylic acids is 1. The van der Waals surface area contributed by atoms with Crippen molar-refractivity contribution >= 4 is 17.5 Å². The third-order valence-corrected chi connectivity index (χ3v) is 7.31. The number of benzene rings is 2. The predicted octanol–water partition coefficient (Wildman–Crippen LogP) is 6.68. The second-order valence-corrected chi connectivity index (χ2v) is 10.5. The number of amides is 1. The smallest absolute Gasteiger partial charge is 0.273 e. The molecule has 0 aliphatic carbocycles. The largest absolute Gasteiger partial charge is 0.507 e. The van der Waals surface area contributed by atoms with Gasteiger partial charge < -0.3 is 24.2 Å². The topological polar surface area (TPSA) is 96.9 Å². The van der Waals surface area contributed by atoms with Gasteiger partial charge in [0.2, 0.25) is 0 Å². The van der Waals surface area contributed by atoms with Gasteiger partial charge in [-0.15, -0.1) is 0 Å². The third-order valence-electron chi connectivity index (χ3n) is 6.90. The number of halogens is 1. The van der Waals surface area contributed by atoms with Gasteiger partial charge in [0.05, 0.1) is 25.9 Å². The molecule has 0 saturated carbocycles.